The highest BCUT2D eigenvalue weighted by molar-refractivity contribution is 9.09. The van der Waals surface area contributed by atoms with Crippen molar-refractivity contribution in [3.05, 3.63) is 0 Å². The van der Waals surface area contributed by atoms with E-state index in [1.165, 1.54) is 4.90 Å². The summed E-state index contributed by atoms with van der Waals surface area (Å²) in [6.07, 6.45) is 0. The minimum atomic E-state index is -0.169. The Morgan fingerprint density at radius 1 is 1.54 bits per heavy atom. The first-order chi connectivity index (χ1) is 6.02. The van der Waals surface area contributed by atoms with Crippen LogP contribution < -0.4 is 5.32 Å². The highest BCUT2D eigenvalue weighted by atomic mass is 79.9. The average Bonchev–Trinajstić information content (AvgIpc) is 2.14. The Bertz CT molecular complexity index is 177. The molecule has 13 heavy (non-hydrogen) atoms. The third-order valence-electron chi connectivity index (χ3n) is 1.78. The van der Waals surface area contributed by atoms with Gasteiger partial charge in [-0.15, -0.1) is 0 Å². The number of carbonyl (C=O) groups excluding carboxylic acids is 2. The molecule has 1 atom stereocenters. The van der Waals surface area contributed by atoms with Gasteiger partial charge in [0, 0.05) is 20.6 Å². The van der Waals surface area contributed by atoms with Gasteiger partial charge < -0.3 is 10.2 Å². The summed E-state index contributed by atoms with van der Waals surface area (Å²) in [6, 6.07) is 0. The van der Waals surface area contributed by atoms with Crippen molar-refractivity contribution >= 4 is 27.7 Å². The fourth-order valence-corrected chi connectivity index (χ4v) is 1.37. The van der Waals surface area contributed by atoms with Crippen molar-refractivity contribution in [2.75, 3.05) is 26.0 Å². The van der Waals surface area contributed by atoms with E-state index in [1.54, 1.807) is 21.0 Å². The predicted octanol–water partition coefficient (Wildman–Crippen LogP) is 0.222. The number of carbonyl (C=O) groups is 2. The summed E-state index contributed by atoms with van der Waals surface area (Å²) in [4.78, 5) is 23.7. The molecular weight excluding hydrogens is 236 g/mol. The molecule has 76 valence electrons. The Labute approximate surface area is 86.8 Å². The molecule has 1 N–H and O–H groups in total. The maximum Gasteiger partial charge on any atom is 0.232 e. The van der Waals surface area contributed by atoms with Gasteiger partial charge in [0.15, 0.2) is 0 Å². The molecule has 1 unspecified atom stereocenters. The Morgan fingerprint density at radius 3 is 2.46 bits per heavy atom. The van der Waals surface area contributed by atoms with Crippen LogP contribution in [0, 0.1) is 5.92 Å². The van der Waals surface area contributed by atoms with Gasteiger partial charge in [-0.05, 0) is 0 Å². The van der Waals surface area contributed by atoms with Crippen molar-refractivity contribution in [3.63, 3.8) is 0 Å². The van der Waals surface area contributed by atoms with Crippen LogP contribution in [0.1, 0.15) is 6.92 Å². The van der Waals surface area contributed by atoms with Gasteiger partial charge in [-0.25, -0.2) is 0 Å². The lowest BCUT2D eigenvalue weighted by atomic mass is 10.1. The highest BCUT2D eigenvalue weighted by Gasteiger charge is 2.15. The number of nitrogens with zero attached hydrogens (tertiary/aromatic N) is 1. The molecule has 0 aliphatic carbocycles. The maximum atomic E-state index is 11.1. The number of hydrogen-bond acceptors (Lipinski definition) is 2. The lowest BCUT2D eigenvalue weighted by Gasteiger charge is -2.19. The van der Waals surface area contributed by atoms with Crippen LogP contribution in [0.2, 0.25) is 0 Å². The smallest absolute Gasteiger partial charge is 0.232 e. The van der Waals surface area contributed by atoms with Crippen molar-refractivity contribution in [1.82, 2.24) is 10.2 Å². The van der Waals surface area contributed by atoms with Crippen molar-refractivity contribution in [2.45, 2.75) is 6.92 Å². The Kier molecular flexibility index (Phi) is 5.70. The van der Waals surface area contributed by atoms with Crippen LogP contribution in [0.3, 0.4) is 0 Å². The largest absolute Gasteiger partial charge is 0.359 e. The van der Waals surface area contributed by atoms with E-state index in [9.17, 15) is 9.59 Å². The Hall–Kier alpha value is -0.580. The first-order valence-electron chi connectivity index (χ1n) is 4.04. The van der Waals surface area contributed by atoms with Crippen molar-refractivity contribution in [3.8, 4) is 0 Å². The molecule has 0 spiro atoms. The molecule has 0 aliphatic heterocycles. The maximum absolute atomic E-state index is 11.1. The fraction of sp³-hybridized carbons (Fsp3) is 0.750. The molecular formula is C8H15BrN2O2. The Balaban J connectivity index is 3.98. The van der Waals surface area contributed by atoms with Crippen LogP contribution in [0.5, 0.6) is 0 Å². The molecule has 0 heterocycles. The third-order valence-corrected chi connectivity index (χ3v) is 2.26. The number of nitrogens with one attached hydrogen (secondary N) is 1. The topological polar surface area (TPSA) is 49.4 Å². The summed E-state index contributed by atoms with van der Waals surface area (Å²) in [5.41, 5.74) is 0. The van der Waals surface area contributed by atoms with Crippen LogP contribution in [0.25, 0.3) is 0 Å². The van der Waals surface area contributed by atoms with E-state index in [0.29, 0.717) is 11.9 Å². The van der Waals surface area contributed by atoms with Gasteiger partial charge in [-0.2, -0.15) is 0 Å². The van der Waals surface area contributed by atoms with Gasteiger partial charge in [0.1, 0.15) is 0 Å². The Morgan fingerprint density at radius 2 is 2.08 bits per heavy atom. The van der Waals surface area contributed by atoms with Crippen LogP contribution >= 0.6 is 15.9 Å². The molecule has 0 fully saturated rings. The zero-order chi connectivity index (χ0) is 10.4. The second-order valence-corrected chi connectivity index (χ2v) is 3.48. The molecule has 0 rings (SSSR count). The number of rotatable bonds is 4. The summed E-state index contributed by atoms with van der Waals surface area (Å²) in [5.74, 6) is -0.233. The fourth-order valence-electron chi connectivity index (χ4n) is 0.944. The average molecular weight is 251 g/mol. The van der Waals surface area contributed by atoms with Crippen molar-refractivity contribution in [2.24, 2.45) is 5.92 Å². The lowest BCUT2D eigenvalue weighted by Crippen LogP contribution is -2.37. The number of amides is 2. The van der Waals surface area contributed by atoms with Gasteiger partial charge in [0.2, 0.25) is 11.8 Å². The number of alkyl halides is 1. The van der Waals surface area contributed by atoms with Crippen molar-refractivity contribution in [1.29, 1.82) is 0 Å². The highest BCUT2D eigenvalue weighted by Crippen LogP contribution is 1.99. The standard InChI is InChI=1S/C8H15BrN2O2/c1-6(8(13)10-2)5-11(3)7(12)4-9/h6H,4-5H2,1-3H3,(H,10,13). The molecule has 0 aliphatic rings. The summed E-state index contributed by atoms with van der Waals surface area (Å²) in [6.45, 7) is 2.24. The third kappa shape index (κ3) is 4.26. The summed E-state index contributed by atoms with van der Waals surface area (Å²) in [7, 11) is 3.27. The summed E-state index contributed by atoms with van der Waals surface area (Å²) < 4.78 is 0. The quantitative estimate of drug-likeness (QED) is 0.727. The SMILES string of the molecule is CNC(=O)C(C)CN(C)C(=O)CBr. The molecule has 5 heteroatoms. The van der Waals surface area contributed by atoms with Gasteiger partial charge in [0.05, 0.1) is 11.2 Å². The normalized spacial score (nSPS) is 12.0. The van der Waals surface area contributed by atoms with Gasteiger partial charge in [-0.1, -0.05) is 22.9 Å². The minimum Gasteiger partial charge on any atom is -0.359 e. The van der Waals surface area contributed by atoms with E-state index in [-0.39, 0.29) is 17.7 Å². The molecule has 4 nitrogen and oxygen atoms in total. The van der Waals surface area contributed by atoms with E-state index < -0.39 is 0 Å². The lowest BCUT2D eigenvalue weighted by molar-refractivity contribution is -0.129. The minimum absolute atomic E-state index is 0.0178. The molecule has 0 bridgehead atoms. The zero-order valence-corrected chi connectivity index (χ0v) is 9.72. The number of hydrogen-bond donors (Lipinski definition) is 1. The van der Waals surface area contributed by atoms with E-state index in [4.69, 9.17) is 0 Å². The van der Waals surface area contributed by atoms with Gasteiger partial charge >= 0.3 is 0 Å². The van der Waals surface area contributed by atoms with Crippen molar-refractivity contribution < 1.29 is 9.59 Å². The zero-order valence-electron chi connectivity index (χ0n) is 8.13. The predicted molar refractivity (Wildman–Crippen MR) is 54.7 cm³/mol. The van der Waals surface area contributed by atoms with Crippen LogP contribution in [0.15, 0.2) is 0 Å². The monoisotopic (exact) mass is 250 g/mol. The van der Waals surface area contributed by atoms with Gasteiger partial charge in [0.25, 0.3) is 0 Å². The van der Waals surface area contributed by atoms with E-state index in [1.807, 2.05) is 0 Å². The van der Waals surface area contributed by atoms with E-state index in [0.717, 1.165) is 0 Å². The summed E-state index contributed by atoms with van der Waals surface area (Å²) >= 11 is 3.07. The molecule has 0 aromatic heterocycles. The second-order valence-electron chi connectivity index (χ2n) is 2.92. The molecule has 0 aromatic rings. The second kappa shape index (κ2) is 5.96. The summed E-state index contributed by atoms with van der Waals surface area (Å²) in [5, 5.41) is 2.83. The molecule has 0 radical (unpaired) electrons. The molecule has 0 saturated carbocycles. The van der Waals surface area contributed by atoms with Crippen LogP contribution in [0.4, 0.5) is 0 Å². The first kappa shape index (κ1) is 12.4. The van der Waals surface area contributed by atoms with Gasteiger partial charge in [-0.3, -0.25) is 9.59 Å². The van der Waals surface area contributed by atoms with Crippen LogP contribution in [-0.4, -0.2) is 42.7 Å². The molecule has 2 amide bonds. The first-order valence-corrected chi connectivity index (χ1v) is 5.16. The van der Waals surface area contributed by atoms with E-state index >= 15 is 0 Å². The van der Waals surface area contributed by atoms with E-state index in [2.05, 4.69) is 21.2 Å². The number of halogens is 1. The van der Waals surface area contributed by atoms with Crippen LogP contribution in [-0.2, 0) is 9.59 Å². The molecule has 0 saturated heterocycles. The molecule has 0 aromatic carbocycles.